The van der Waals surface area contributed by atoms with Gasteiger partial charge in [0.1, 0.15) is 0 Å². The Morgan fingerprint density at radius 3 is 2.48 bits per heavy atom. The van der Waals surface area contributed by atoms with Crippen LogP contribution >= 0.6 is 0 Å². The summed E-state index contributed by atoms with van der Waals surface area (Å²) in [6, 6.07) is 6.49. The minimum atomic E-state index is 0.240. The van der Waals surface area contributed by atoms with Crippen molar-refractivity contribution >= 4 is 11.6 Å². The lowest BCUT2D eigenvalue weighted by Gasteiger charge is -2.29. The van der Waals surface area contributed by atoms with Crippen LogP contribution in [0.15, 0.2) is 18.2 Å². The lowest BCUT2D eigenvalue weighted by molar-refractivity contribution is 0.339. The van der Waals surface area contributed by atoms with Gasteiger partial charge in [-0.15, -0.1) is 4.98 Å². The van der Waals surface area contributed by atoms with Gasteiger partial charge in [0.15, 0.2) is 0 Å². The number of nitrogens with zero attached hydrogens (tertiary/aromatic N) is 4. The normalized spacial score (nSPS) is 13.7. The van der Waals surface area contributed by atoms with Crippen LogP contribution in [0.3, 0.4) is 0 Å². The summed E-state index contributed by atoms with van der Waals surface area (Å²) in [5.74, 6) is 0.535. The molecule has 7 nitrogen and oxygen atoms in total. The number of aromatic nitrogens is 3. The van der Waals surface area contributed by atoms with E-state index < -0.39 is 0 Å². The summed E-state index contributed by atoms with van der Waals surface area (Å²) in [5, 5.41) is 0. The van der Waals surface area contributed by atoms with Gasteiger partial charge in [0.2, 0.25) is 5.95 Å². The first-order chi connectivity index (χ1) is 10.2. The van der Waals surface area contributed by atoms with Crippen LogP contribution in [0, 0.1) is 0 Å². The SMILES string of the molecule is COc1nc(OC)nc(N2CCc3cccc(N)c3C2)n1. The van der Waals surface area contributed by atoms with E-state index in [9.17, 15) is 0 Å². The van der Waals surface area contributed by atoms with E-state index in [-0.39, 0.29) is 12.0 Å². The predicted molar refractivity (Wildman–Crippen MR) is 78.5 cm³/mol. The topological polar surface area (TPSA) is 86.4 Å². The van der Waals surface area contributed by atoms with E-state index in [1.165, 1.54) is 19.8 Å². The molecule has 1 aromatic carbocycles. The van der Waals surface area contributed by atoms with E-state index in [2.05, 4.69) is 21.0 Å². The lowest BCUT2D eigenvalue weighted by atomic mass is 9.98. The highest BCUT2D eigenvalue weighted by atomic mass is 16.5. The maximum absolute atomic E-state index is 6.06. The monoisotopic (exact) mass is 287 g/mol. The van der Waals surface area contributed by atoms with Gasteiger partial charge in [-0.1, -0.05) is 12.1 Å². The molecule has 2 heterocycles. The number of benzene rings is 1. The number of rotatable bonds is 3. The molecule has 1 aromatic heterocycles. The second kappa shape index (κ2) is 5.43. The Hall–Kier alpha value is -2.57. The third kappa shape index (κ3) is 2.54. The Kier molecular flexibility index (Phi) is 3.47. The summed E-state index contributed by atoms with van der Waals surface area (Å²) in [6.07, 6.45) is 0.899. The van der Waals surface area contributed by atoms with E-state index >= 15 is 0 Å². The average Bonchev–Trinajstić information content (AvgIpc) is 2.54. The van der Waals surface area contributed by atoms with Crippen molar-refractivity contribution in [2.45, 2.75) is 13.0 Å². The van der Waals surface area contributed by atoms with Gasteiger partial charge < -0.3 is 20.1 Å². The molecule has 0 atom stereocenters. The lowest BCUT2D eigenvalue weighted by Crippen LogP contribution is -2.32. The molecule has 0 unspecified atom stereocenters. The van der Waals surface area contributed by atoms with Gasteiger partial charge in [-0.2, -0.15) is 9.97 Å². The molecule has 1 aliphatic rings. The smallest absolute Gasteiger partial charge is 0.324 e. The molecule has 0 spiro atoms. The third-order valence-corrected chi connectivity index (χ3v) is 3.54. The molecule has 3 rings (SSSR count). The van der Waals surface area contributed by atoms with Gasteiger partial charge in [0.25, 0.3) is 0 Å². The second-order valence-electron chi connectivity index (χ2n) is 4.77. The molecule has 21 heavy (non-hydrogen) atoms. The van der Waals surface area contributed by atoms with Crippen LogP contribution in [0.5, 0.6) is 12.0 Å². The molecule has 110 valence electrons. The van der Waals surface area contributed by atoms with Crippen LogP contribution in [-0.2, 0) is 13.0 Å². The number of anilines is 2. The van der Waals surface area contributed by atoms with E-state index in [0.717, 1.165) is 24.2 Å². The van der Waals surface area contributed by atoms with E-state index in [4.69, 9.17) is 15.2 Å². The van der Waals surface area contributed by atoms with Crippen molar-refractivity contribution in [2.75, 3.05) is 31.4 Å². The van der Waals surface area contributed by atoms with Gasteiger partial charge in [0, 0.05) is 18.8 Å². The van der Waals surface area contributed by atoms with Gasteiger partial charge in [0.05, 0.1) is 14.2 Å². The van der Waals surface area contributed by atoms with Crippen molar-refractivity contribution in [3.8, 4) is 12.0 Å². The van der Waals surface area contributed by atoms with Crippen molar-refractivity contribution in [2.24, 2.45) is 0 Å². The fourth-order valence-electron chi connectivity index (χ4n) is 2.43. The third-order valence-electron chi connectivity index (χ3n) is 3.54. The Balaban J connectivity index is 1.94. The summed E-state index contributed by atoms with van der Waals surface area (Å²) in [7, 11) is 3.03. The molecule has 0 saturated heterocycles. The molecule has 0 aliphatic carbocycles. The molecule has 2 aromatic rings. The van der Waals surface area contributed by atoms with Gasteiger partial charge in [-0.25, -0.2) is 0 Å². The average molecular weight is 287 g/mol. The molecule has 0 bridgehead atoms. The second-order valence-corrected chi connectivity index (χ2v) is 4.77. The molecule has 1 aliphatic heterocycles. The van der Waals surface area contributed by atoms with Gasteiger partial charge >= 0.3 is 12.0 Å². The van der Waals surface area contributed by atoms with Gasteiger partial charge in [-0.05, 0) is 23.6 Å². The zero-order chi connectivity index (χ0) is 14.8. The number of ether oxygens (including phenoxy) is 2. The Morgan fingerprint density at radius 2 is 1.81 bits per heavy atom. The number of nitrogen functional groups attached to an aromatic ring is 1. The van der Waals surface area contributed by atoms with Crippen molar-refractivity contribution < 1.29 is 9.47 Å². The number of fused-ring (bicyclic) bond motifs is 1. The molecular weight excluding hydrogens is 270 g/mol. The fourth-order valence-corrected chi connectivity index (χ4v) is 2.43. The van der Waals surface area contributed by atoms with Crippen LogP contribution < -0.4 is 20.1 Å². The number of hydrogen-bond donors (Lipinski definition) is 1. The Morgan fingerprint density at radius 1 is 1.10 bits per heavy atom. The Labute approximate surface area is 122 Å². The maximum atomic E-state index is 6.06. The first-order valence-corrected chi connectivity index (χ1v) is 6.66. The first kappa shape index (κ1) is 13.4. The molecule has 0 saturated carbocycles. The summed E-state index contributed by atoms with van der Waals surface area (Å²) < 4.78 is 10.2. The van der Waals surface area contributed by atoms with Crippen molar-refractivity contribution in [1.82, 2.24) is 15.0 Å². The van der Waals surface area contributed by atoms with E-state index in [0.29, 0.717) is 12.5 Å². The zero-order valence-corrected chi connectivity index (χ0v) is 12.0. The maximum Gasteiger partial charge on any atom is 0.324 e. The summed E-state index contributed by atoms with van der Waals surface area (Å²) in [6.45, 7) is 1.48. The highest BCUT2D eigenvalue weighted by Gasteiger charge is 2.21. The highest BCUT2D eigenvalue weighted by Crippen LogP contribution is 2.27. The van der Waals surface area contributed by atoms with Crippen molar-refractivity contribution in [3.63, 3.8) is 0 Å². The summed E-state index contributed by atoms with van der Waals surface area (Å²) >= 11 is 0. The molecule has 0 fully saturated rings. The Bertz CT molecular complexity index is 640. The van der Waals surface area contributed by atoms with Crippen molar-refractivity contribution in [1.29, 1.82) is 0 Å². The minimum absolute atomic E-state index is 0.240. The fraction of sp³-hybridized carbons (Fsp3) is 0.357. The number of methoxy groups -OCH3 is 2. The largest absolute Gasteiger partial charge is 0.467 e. The van der Waals surface area contributed by atoms with Crippen LogP contribution in [-0.4, -0.2) is 35.7 Å². The molecule has 0 radical (unpaired) electrons. The summed E-state index contributed by atoms with van der Waals surface area (Å²) in [4.78, 5) is 14.6. The van der Waals surface area contributed by atoms with E-state index in [1.807, 2.05) is 17.0 Å². The van der Waals surface area contributed by atoms with Gasteiger partial charge in [-0.3, -0.25) is 0 Å². The van der Waals surface area contributed by atoms with Crippen LogP contribution in [0.1, 0.15) is 11.1 Å². The van der Waals surface area contributed by atoms with Crippen LogP contribution in [0.4, 0.5) is 11.6 Å². The molecular formula is C14H17N5O2. The van der Waals surface area contributed by atoms with Crippen LogP contribution in [0.2, 0.25) is 0 Å². The highest BCUT2D eigenvalue weighted by molar-refractivity contribution is 5.54. The minimum Gasteiger partial charge on any atom is -0.467 e. The van der Waals surface area contributed by atoms with Crippen LogP contribution in [0.25, 0.3) is 0 Å². The zero-order valence-electron chi connectivity index (χ0n) is 12.0. The van der Waals surface area contributed by atoms with E-state index in [1.54, 1.807) is 0 Å². The molecule has 0 amide bonds. The standard InChI is InChI=1S/C14H17N5O2/c1-20-13-16-12(17-14(18-13)21-2)19-7-6-9-4-3-5-11(15)10(9)8-19/h3-5H,6-8,15H2,1-2H3. The predicted octanol–water partition coefficient (Wildman–Crippen LogP) is 1.03. The quantitative estimate of drug-likeness (QED) is 0.844. The van der Waals surface area contributed by atoms with Crippen molar-refractivity contribution in [3.05, 3.63) is 29.3 Å². The molecule has 7 heteroatoms. The molecule has 2 N–H and O–H groups in total. The number of nitrogens with two attached hydrogens (primary N) is 1. The first-order valence-electron chi connectivity index (χ1n) is 6.66. The number of hydrogen-bond acceptors (Lipinski definition) is 7. The summed E-state index contributed by atoms with van der Waals surface area (Å²) in [5.41, 5.74) is 9.27.